The molecule has 1 aromatic carbocycles. The van der Waals surface area contributed by atoms with Crippen molar-refractivity contribution in [2.24, 2.45) is 5.92 Å². The molecule has 0 aromatic heterocycles. The Hall–Kier alpha value is -0.000000000000000111. The normalized spacial score (nSPS) is 12.5. The van der Waals surface area contributed by atoms with Gasteiger partial charge in [0, 0.05) is 15.1 Å². The summed E-state index contributed by atoms with van der Waals surface area (Å²) in [5.74, 6) is 0.309. The Balaban J connectivity index is 2.63. The zero-order valence-corrected chi connectivity index (χ0v) is 14.7. The number of nitrogens with one attached hydrogen (secondary N) is 1. The van der Waals surface area contributed by atoms with Crippen LogP contribution in [0.4, 0.5) is 0 Å². The molecule has 1 amide bonds. The van der Waals surface area contributed by atoms with Gasteiger partial charge in [0.25, 0.3) is 5.91 Å². The monoisotopic (exact) mass is 413 g/mol. The summed E-state index contributed by atoms with van der Waals surface area (Å²) in [6.07, 6.45) is 2.05. The summed E-state index contributed by atoms with van der Waals surface area (Å²) in [6, 6.07) is 5.28. The van der Waals surface area contributed by atoms with E-state index in [9.17, 15) is 4.79 Å². The highest BCUT2D eigenvalue weighted by molar-refractivity contribution is 14.1. The van der Waals surface area contributed by atoms with Crippen molar-refractivity contribution in [2.45, 2.75) is 32.1 Å². The van der Waals surface area contributed by atoms with Crippen molar-refractivity contribution in [3.8, 4) is 0 Å². The van der Waals surface area contributed by atoms with E-state index in [1.165, 1.54) is 0 Å². The smallest absolute Gasteiger partial charge is 0.252 e. The molecule has 0 spiro atoms. The number of amides is 1. The number of rotatable bonds is 6. The van der Waals surface area contributed by atoms with E-state index in [0.29, 0.717) is 23.0 Å². The quantitative estimate of drug-likeness (QED) is 0.530. The highest BCUT2D eigenvalue weighted by Gasteiger charge is 2.17. The maximum Gasteiger partial charge on any atom is 0.252 e. The third-order valence-corrected chi connectivity index (χ3v) is 4.88. The molecule has 0 saturated carbocycles. The largest absolute Gasteiger partial charge is 0.351 e. The average Bonchev–Trinajstić information content (AvgIpc) is 2.40. The molecule has 0 heterocycles. The number of carbonyl (C=O) groups excluding carboxylic acids is 1. The van der Waals surface area contributed by atoms with Gasteiger partial charge in [-0.05, 0) is 46.7 Å². The van der Waals surface area contributed by atoms with Gasteiger partial charge in [0.15, 0.2) is 0 Å². The van der Waals surface area contributed by atoms with Crippen molar-refractivity contribution in [1.82, 2.24) is 5.32 Å². The summed E-state index contributed by atoms with van der Waals surface area (Å²) < 4.78 is 0.883. The van der Waals surface area contributed by atoms with E-state index in [-0.39, 0.29) is 11.3 Å². The van der Waals surface area contributed by atoms with E-state index in [0.717, 1.165) is 16.4 Å². The number of benzene rings is 1. The SMILES string of the molecule is CCC(CC)C(Cl)CNC(=O)c1cc(Cl)ccc1I. The van der Waals surface area contributed by atoms with Gasteiger partial charge in [-0.3, -0.25) is 4.79 Å². The molecule has 2 nitrogen and oxygen atoms in total. The number of carbonyl (C=O) groups is 1. The van der Waals surface area contributed by atoms with Crippen molar-refractivity contribution < 1.29 is 4.79 Å². The van der Waals surface area contributed by atoms with Crippen LogP contribution in [0.5, 0.6) is 0 Å². The van der Waals surface area contributed by atoms with Crippen LogP contribution in [0.25, 0.3) is 0 Å². The average molecular weight is 414 g/mol. The molecular weight excluding hydrogens is 396 g/mol. The summed E-state index contributed by atoms with van der Waals surface area (Å²) >= 11 is 14.3. The van der Waals surface area contributed by atoms with Crippen LogP contribution in [0.2, 0.25) is 5.02 Å². The third kappa shape index (κ3) is 5.12. The van der Waals surface area contributed by atoms with Crippen LogP contribution < -0.4 is 5.32 Å². The van der Waals surface area contributed by atoms with E-state index < -0.39 is 0 Å². The van der Waals surface area contributed by atoms with Gasteiger partial charge < -0.3 is 5.32 Å². The first-order valence-corrected chi connectivity index (χ1v) is 8.26. The Morgan fingerprint density at radius 1 is 1.37 bits per heavy atom. The first-order chi connectivity index (χ1) is 8.99. The number of alkyl halides is 1. The summed E-state index contributed by atoms with van der Waals surface area (Å²) in [4.78, 5) is 12.1. The standard InChI is InChI=1S/C14H18Cl2INO/c1-3-9(4-2)12(16)8-18-14(19)11-7-10(15)5-6-13(11)17/h5-7,9,12H,3-4,8H2,1-2H3,(H,18,19). The van der Waals surface area contributed by atoms with Gasteiger partial charge in [-0.15, -0.1) is 11.6 Å². The second kappa shape index (κ2) is 8.32. The van der Waals surface area contributed by atoms with E-state index in [2.05, 4.69) is 41.8 Å². The van der Waals surface area contributed by atoms with Crippen LogP contribution in [0.3, 0.4) is 0 Å². The van der Waals surface area contributed by atoms with Gasteiger partial charge in [0.05, 0.1) is 10.9 Å². The lowest BCUT2D eigenvalue weighted by atomic mass is 9.99. The molecule has 0 aliphatic carbocycles. The lowest BCUT2D eigenvalue weighted by Crippen LogP contribution is -2.33. The van der Waals surface area contributed by atoms with Gasteiger partial charge in [0.2, 0.25) is 0 Å². The number of hydrogen-bond donors (Lipinski definition) is 1. The van der Waals surface area contributed by atoms with Crippen LogP contribution in [-0.2, 0) is 0 Å². The maximum atomic E-state index is 12.1. The predicted molar refractivity (Wildman–Crippen MR) is 90.2 cm³/mol. The molecule has 0 fully saturated rings. The molecule has 1 unspecified atom stereocenters. The fourth-order valence-electron chi connectivity index (χ4n) is 1.92. The summed E-state index contributed by atoms with van der Waals surface area (Å²) in [7, 11) is 0. The molecule has 0 saturated heterocycles. The molecule has 0 aliphatic rings. The minimum atomic E-state index is -0.122. The van der Waals surface area contributed by atoms with E-state index in [4.69, 9.17) is 23.2 Å². The molecule has 1 rings (SSSR count). The van der Waals surface area contributed by atoms with Gasteiger partial charge in [-0.2, -0.15) is 0 Å². The molecule has 106 valence electrons. The Morgan fingerprint density at radius 2 is 2.00 bits per heavy atom. The molecular formula is C14H18Cl2INO. The van der Waals surface area contributed by atoms with E-state index in [1.54, 1.807) is 12.1 Å². The number of hydrogen-bond acceptors (Lipinski definition) is 1. The molecule has 5 heteroatoms. The molecule has 0 aliphatic heterocycles. The fourth-order valence-corrected chi connectivity index (χ4v) is 3.11. The van der Waals surface area contributed by atoms with Crippen LogP contribution >= 0.6 is 45.8 Å². The van der Waals surface area contributed by atoms with Crippen LogP contribution in [0.15, 0.2) is 18.2 Å². The number of halogens is 3. The maximum absolute atomic E-state index is 12.1. The minimum absolute atomic E-state index is 0.0317. The van der Waals surface area contributed by atoms with Gasteiger partial charge in [0.1, 0.15) is 0 Å². The summed E-state index contributed by atoms with van der Waals surface area (Å²) in [5.41, 5.74) is 0.599. The molecule has 19 heavy (non-hydrogen) atoms. The predicted octanol–water partition coefficient (Wildman–Crippen LogP) is 4.72. The second-order valence-electron chi connectivity index (χ2n) is 4.43. The van der Waals surface area contributed by atoms with Crippen molar-refractivity contribution in [2.75, 3.05) is 6.54 Å². The van der Waals surface area contributed by atoms with Crippen molar-refractivity contribution in [3.05, 3.63) is 32.4 Å². The highest BCUT2D eigenvalue weighted by Crippen LogP contribution is 2.20. The first-order valence-electron chi connectivity index (χ1n) is 6.36. The van der Waals surface area contributed by atoms with E-state index in [1.807, 2.05) is 6.07 Å². The Bertz CT molecular complexity index is 435. The van der Waals surface area contributed by atoms with Crippen molar-refractivity contribution >= 4 is 51.7 Å². The molecule has 0 radical (unpaired) electrons. The lowest BCUT2D eigenvalue weighted by molar-refractivity contribution is 0.0950. The lowest BCUT2D eigenvalue weighted by Gasteiger charge is -2.19. The zero-order valence-electron chi connectivity index (χ0n) is 11.1. The molecule has 1 atom stereocenters. The minimum Gasteiger partial charge on any atom is -0.351 e. The highest BCUT2D eigenvalue weighted by atomic mass is 127. The third-order valence-electron chi connectivity index (χ3n) is 3.19. The molecule has 1 aromatic rings. The van der Waals surface area contributed by atoms with Crippen molar-refractivity contribution in [1.29, 1.82) is 0 Å². The van der Waals surface area contributed by atoms with Crippen molar-refractivity contribution in [3.63, 3.8) is 0 Å². The van der Waals surface area contributed by atoms with Gasteiger partial charge >= 0.3 is 0 Å². The Labute approximate surface area is 138 Å². The second-order valence-corrected chi connectivity index (χ2v) is 6.59. The Kier molecular flexibility index (Phi) is 7.47. The van der Waals surface area contributed by atoms with E-state index >= 15 is 0 Å². The topological polar surface area (TPSA) is 29.1 Å². The molecule has 1 N–H and O–H groups in total. The fraction of sp³-hybridized carbons (Fsp3) is 0.500. The van der Waals surface area contributed by atoms with Crippen LogP contribution in [-0.4, -0.2) is 17.8 Å². The first kappa shape index (κ1) is 17.1. The van der Waals surface area contributed by atoms with Gasteiger partial charge in [-0.25, -0.2) is 0 Å². The van der Waals surface area contributed by atoms with Crippen LogP contribution in [0.1, 0.15) is 37.0 Å². The molecule has 0 bridgehead atoms. The van der Waals surface area contributed by atoms with Gasteiger partial charge in [-0.1, -0.05) is 38.3 Å². The summed E-state index contributed by atoms with van der Waals surface area (Å²) in [5, 5.41) is 3.41. The Morgan fingerprint density at radius 3 is 2.58 bits per heavy atom. The van der Waals surface area contributed by atoms with Crippen LogP contribution in [0, 0.1) is 9.49 Å². The summed E-state index contributed by atoms with van der Waals surface area (Å²) in [6.45, 7) is 4.71. The zero-order chi connectivity index (χ0) is 14.4.